The van der Waals surface area contributed by atoms with Crippen LogP contribution < -0.4 is 5.56 Å². The molecule has 0 saturated heterocycles. The van der Waals surface area contributed by atoms with E-state index < -0.39 is 11.4 Å². The van der Waals surface area contributed by atoms with Crippen LogP contribution in [0.2, 0.25) is 0 Å². The highest BCUT2D eigenvalue weighted by molar-refractivity contribution is 9.10. The average molecular weight is 508 g/mol. The summed E-state index contributed by atoms with van der Waals surface area (Å²) in [6.45, 7) is 5.92. The van der Waals surface area contributed by atoms with Crippen LogP contribution in [0.1, 0.15) is 42.7 Å². The number of carbonyl (C=O) groups excluding carboxylic acids is 1. The predicted octanol–water partition coefficient (Wildman–Crippen LogP) is 5.39. The molecule has 0 N–H and O–H groups in total. The number of fused-ring (bicyclic) bond motifs is 1. The van der Waals surface area contributed by atoms with Crippen LogP contribution in [0.4, 0.5) is 0 Å². The van der Waals surface area contributed by atoms with E-state index in [0.717, 1.165) is 4.47 Å². The van der Waals surface area contributed by atoms with Gasteiger partial charge in [-0.3, -0.25) is 4.79 Å². The number of nitrogens with zero attached hydrogens (tertiary/aromatic N) is 3. The lowest BCUT2D eigenvalue weighted by molar-refractivity contribution is 0.0601. The first-order chi connectivity index (χ1) is 15.7. The largest absolute Gasteiger partial charge is 0.465 e. The van der Waals surface area contributed by atoms with Gasteiger partial charge in [-0.15, -0.1) is 0 Å². The van der Waals surface area contributed by atoms with Gasteiger partial charge in [0.05, 0.1) is 29.8 Å². The zero-order chi connectivity index (χ0) is 23.8. The van der Waals surface area contributed by atoms with Gasteiger partial charge in [-0.2, -0.15) is 9.78 Å². The van der Waals surface area contributed by atoms with Crippen molar-refractivity contribution < 1.29 is 13.9 Å². The Morgan fingerprint density at radius 3 is 2.64 bits per heavy atom. The number of benzene rings is 2. The van der Waals surface area contributed by atoms with Crippen molar-refractivity contribution in [3.63, 3.8) is 0 Å². The summed E-state index contributed by atoms with van der Waals surface area (Å²) in [5, 5.41) is 4.88. The summed E-state index contributed by atoms with van der Waals surface area (Å²) in [6, 6.07) is 15.9. The third-order valence-electron chi connectivity index (χ3n) is 5.00. The Kier molecular flexibility index (Phi) is 6.03. The van der Waals surface area contributed by atoms with Crippen molar-refractivity contribution in [2.24, 2.45) is 5.10 Å². The van der Waals surface area contributed by atoms with Crippen molar-refractivity contribution >= 4 is 39.0 Å². The molecule has 0 fully saturated rings. The minimum Gasteiger partial charge on any atom is -0.465 e. The summed E-state index contributed by atoms with van der Waals surface area (Å²) in [6.07, 6.45) is 1.46. The second kappa shape index (κ2) is 8.78. The lowest BCUT2D eigenvalue weighted by atomic mass is 9.95. The molecular formula is C25H22BrN3O4. The van der Waals surface area contributed by atoms with E-state index in [9.17, 15) is 9.59 Å². The molecule has 2 aromatic heterocycles. The van der Waals surface area contributed by atoms with Crippen molar-refractivity contribution in [2.75, 3.05) is 7.11 Å². The minimum absolute atomic E-state index is 0.273. The molecule has 2 heterocycles. The van der Waals surface area contributed by atoms with Crippen LogP contribution in [-0.4, -0.2) is 29.0 Å². The van der Waals surface area contributed by atoms with Gasteiger partial charge in [0.1, 0.15) is 17.3 Å². The fourth-order valence-electron chi connectivity index (χ4n) is 3.41. The van der Waals surface area contributed by atoms with Crippen molar-refractivity contribution in [1.82, 2.24) is 9.66 Å². The highest BCUT2D eigenvalue weighted by atomic mass is 79.9. The fourth-order valence-corrected chi connectivity index (χ4v) is 3.77. The molecule has 0 amide bonds. The smallest absolute Gasteiger partial charge is 0.338 e. The Hall–Kier alpha value is -3.52. The Morgan fingerprint density at radius 2 is 1.91 bits per heavy atom. The zero-order valence-corrected chi connectivity index (χ0v) is 20.2. The molecule has 0 radical (unpaired) electrons. The van der Waals surface area contributed by atoms with E-state index in [2.05, 4.69) is 21.0 Å². The van der Waals surface area contributed by atoms with Gasteiger partial charge in [0.15, 0.2) is 0 Å². The van der Waals surface area contributed by atoms with Crippen LogP contribution in [0.25, 0.3) is 22.2 Å². The second-order valence-electron chi connectivity index (χ2n) is 8.45. The molecule has 0 saturated carbocycles. The van der Waals surface area contributed by atoms with Crippen LogP contribution in [0.5, 0.6) is 0 Å². The molecule has 168 valence electrons. The van der Waals surface area contributed by atoms with Crippen LogP contribution in [0.3, 0.4) is 0 Å². The van der Waals surface area contributed by atoms with E-state index >= 15 is 0 Å². The number of esters is 1. The predicted molar refractivity (Wildman–Crippen MR) is 131 cm³/mol. The number of hydrogen-bond donors (Lipinski definition) is 0. The van der Waals surface area contributed by atoms with Gasteiger partial charge in [-0.05, 0) is 36.4 Å². The maximum Gasteiger partial charge on any atom is 0.338 e. The zero-order valence-electron chi connectivity index (χ0n) is 18.6. The third-order valence-corrected chi connectivity index (χ3v) is 5.50. The normalized spacial score (nSPS) is 11.9. The van der Waals surface area contributed by atoms with Crippen LogP contribution in [0, 0.1) is 0 Å². The van der Waals surface area contributed by atoms with E-state index in [4.69, 9.17) is 14.1 Å². The van der Waals surface area contributed by atoms with Crippen LogP contribution in [0.15, 0.2) is 73.4 Å². The van der Waals surface area contributed by atoms with Crippen molar-refractivity contribution in [3.05, 3.63) is 86.6 Å². The summed E-state index contributed by atoms with van der Waals surface area (Å²) in [7, 11) is 1.33. The van der Waals surface area contributed by atoms with Gasteiger partial charge in [0.25, 0.3) is 5.56 Å². The molecule has 0 atom stereocenters. The fraction of sp³-hybridized carbons (Fsp3) is 0.200. The monoisotopic (exact) mass is 507 g/mol. The van der Waals surface area contributed by atoms with Crippen molar-refractivity contribution in [2.45, 2.75) is 26.2 Å². The molecule has 0 unspecified atom stereocenters. The molecule has 0 aliphatic rings. The van der Waals surface area contributed by atoms with E-state index in [1.54, 1.807) is 36.4 Å². The van der Waals surface area contributed by atoms with Gasteiger partial charge < -0.3 is 9.15 Å². The van der Waals surface area contributed by atoms with Gasteiger partial charge in [0, 0.05) is 15.5 Å². The summed E-state index contributed by atoms with van der Waals surface area (Å²) in [4.78, 5) is 30.0. The molecule has 8 heteroatoms. The summed E-state index contributed by atoms with van der Waals surface area (Å²) in [5.74, 6) is 0.987. The first-order valence-electron chi connectivity index (χ1n) is 10.2. The van der Waals surface area contributed by atoms with Gasteiger partial charge >= 0.3 is 5.97 Å². The highest BCUT2D eigenvalue weighted by Crippen LogP contribution is 2.26. The number of hydrogen-bond acceptors (Lipinski definition) is 6. The average Bonchev–Trinajstić information content (AvgIpc) is 3.26. The molecule has 33 heavy (non-hydrogen) atoms. The number of methoxy groups -OCH3 is 1. The van der Waals surface area contributed by atoms with Crippen LogP contribution in [-0.2, 0) is 10.2 Å². The molecular weight excluding hydrogens is 486 g/mol. The van der Waals surface area contributed by atoms with Gasteiger partial charge in [0.2, 0.25) is 0 Å². The van der Waals surface area contributed by atoms with Crippen molar-refractivity contribution in [3.8, 4) is 11.3 Å². The Balaban J connectivity index is 1.78. The molecule has 7 nitrogen and oxygen atoms in total. The van der Waals surface area contributed by atoms with E-state index in [1.807, 2.05) is 39.0 Å². The molecule has 0 spiro atoms. The number of rotatable bonds is 4. The first kappa shape index (κ1) is 22.7. The Morgan fingerprint density at radius 1 is 1.15 bits per heavy atom. The molecule has 0 aliphatic carbocycles. The number of ether oxygens (including phenoxy) is 1. The lowest BCUT2D eigenvalue weighted by Crippen LogP contribution is -2.29. The Bertz CT molecular complexity index is 1440. The minimum atomic E-state index is -0.452. The maximum absolute atomic E-state index is 13.3. The van der Waals surface area contributed by atoms with E-state index in [-0.39, 0.29) is 5.56 Å². The SMILES string of the molecule is COC(=O)c1ccccc1-c1ccc(C=Nn2c(C(C)(C)C)nc3ccc(Br)cc3c2=O)o1. The van der Waals surface area contributed by atoms with E-state index in [1.165, 1.54) is 18.0 Å². The third kappa shape index (κ3) is 4.52. The number of aromatic nitrogens is 2. The molecule has 0 aliphatic heterocycles. The summed E-state index contributed by atoms with van der Waals surface area (Å²) < 4.78 is 12.8. The second-order valence-corrected chi connectivity index (χ2v) is 9.36. The number of furan rings is 1. The lowest BCUT2D eigenvalue weighted by Gasteiger charge is -2.20. The van der Waals surface area contributed by atoms with Crippen molar-refractivity contribution in [1.29, 1.82) is 0 Å². The molecule has 2 aromatic carbocycles. The molecule has 4 aromatic rings. The van der Waals surface area contributed by atoms with E-state index in [0.29, 0.717) is 39.4 Å². The van der Waals surface area contributed by atoms with Crippen LogP contribution >= 0.6 is 15.9 Å². The Labute approximate surface area is 198 Å². The number of halogens is 1. The summed E-state index contributed by atoms with van der Waals surface area (Å²) in [5.41, 5.74) is 0.914. The quantitative estimate of drug-likeness (QED) is 0.273. The van der Waals surface area contributed by atoms with Gasteiger partial charge in [-0.1, -0.05) is 54.9 Å². The van der Waals surface area contributed by atoms with Gasteiger partial charge in [-0.25, -0.2) is 9.78 Å². The topological polar surface area (TPSA) is 86.7 Å². The molecule has 4 rings (SSSR count). The summed E-state index contributed by atoms with van der Waals surface area (Å²) >= 11 is 3.41. The first-order valence-corrected chi connectivity index (χ1v) is 11.0. The maximum atomic E-state index is 13.3. The standard InChI is InChI=1S/C25H22BrN3O4/c1-25(2,3)24-28-20-11-9-15(26)13-19(20)22(30)29(24)27-14-16-10-12-21(33-16)17-7-5-6-8-18(17)23(31)32-4/h5-14H,1-4H3. The highest BCUT2D eigenvalue weighted by Gasteiger charge is 2.23. The molecule has 0 bridgehead atoms. The number of carbonyl (C=O) groups is 1.